The minimum Gasteiger partial charge on any atom is -0.507 e. The van der Waals surface area contributed by atoms with Crippen LogP contribution < -0.4 is 10.1 Å². The number of phenols is 1. The summed E-state index contributed by atoms with van der Waals surface area (Å²) in [6.07, 6.45) is 5.10. The van der Waals surface area contributed by atoms with Gasteiger partial charge in [0.2, 0.25) is 0 Å². The lowest BCUT2D eigenvalue weighted by molar-refractivity contribution is 0.0882. The van der Waals surface area contributed by atoms with Gasteiger partial charge in [-0.05, 0) is 25.0 Å². The largest absolute Gasteiger partial charge is 0.507 e. The molecule has 1 aromatic rings. The summed E-state index contributed by atoms with van der Waals surface area (Å²) in [5, 5.41) is 12.9. The Labute approximate surface area is 124 Å². The molecule has 0 aliphatic heterocycles. The molecule has 1 aromatic carbocycles. The Morgan fingerprint density at radius 3 is 2.65 bits per heavy atom. The number of carbonyl (C=O) groups excluding carboxylic acids is 1. The first-order chi connectivity index (χ1) is 9.60. The number of rotatable bonds is 4. The second-order valence-corrected chi connectivity index (χ2v) is 5.58. The van der Waals surface area contributed by atoms with E-state index >= 15 is 0 Å². The average Bonchev–Trinajstić information content (AvgIpc) is 2.47. The number of carbonyl (C=O) groups is 1. The van der Waals surface area contributed by atoms with Crippen molar-refractivity contribution >= 4 is 17.5 Å². The molecule has 2 N–H and O–H groups in total. The van der Waals surface area contributed by atoms with Crippen molar-refractivity contribution in [3.8, 4) is 11.5 Å². The molecule has 1 aliphatic rings. The van der Waals surface area contributed by atoms with Gasteiger partial charge >= 0.3 is 0 Å². The maximum absolute atomic E-state index is 12.3. The van der Waals surface area contributed by atoms with Gasteiger partial charge < -0.3 is 15.2 Å². The van der Waals surface area contributed by atoms with Gasteiger partial charge in [-0.3, -0.25) is 4.79 Å². The number of nitrogens with one attached hydrogen (secondary N) is 1. The van der Waals surface area contributed by atoms with Crippen LogP contribution in [0.5, 0.6) is 11.5 Å². The molecule has 1 saturated carbocycles. The smallest absolute Gasteiger partial charge is 0.255 e. The van der Waals surface area contributed by atoms with Crippen LogP contribution in [-0.2, 0) is 0 Å². The lowest BCUT2D eigenvalue weighted by Crippen LogP contribution is -2.51. The number of hydrogen-bond donors (Lipinski definition) is 2. The predicted molar refractivity (Wildman–Crippen MR) is 78.7 cm³/mol. The van der Waals surface area contributed by atoms with Crippen LogP contribution in [0.15, 0.2) is 18.2 Å². The zero-order chi connectivity index (χ0) is 14.6. The van der Waals surface area contributed by atoms with E-state index in [1.165, 1.54) is 19.6 Å². The van der Waals surface area contributed by atoms with E-state index in [0.29, 0.717) is 11.6 Å². The summed E-state index contributed by atoms with van der Waals surface area (Å²) < 4.78 is 5.01. The molecule has 2 rings (SSSR count). The molecule has 0 atom stereocenters. The number of alkyl halides is 1. The highest BCUT2D eigenvalue weighted by molar-refractivity contribution is 6.19. The highest BCUT2D eigenvalue weighted by Gasteiger charge is 2.33. The standard InChI is InChI=1S/C15H20ClNO3/c1-20-11-5-6-12(13(18)9-11)14(19)17-15(10-16)7-3-2-4-8-15/h5-6,9,18H,2-4,7-8,10H2,1H3,(H,17,19). The number of hydrogen-bond acceptors (Lipinski definition) is 3. The zero-order valence-corrected chi connectivity index (χ0v) is 12.4. The molecule has 110 valence electrons. The van der Waals surface area contributed by atoms with Crippen molar-refractivity contribution in [1.82, 2.24) is 5.32 Å². The summed E-state index contributed by atoms with van der Waals surface area (Å²) in [6.45, 7) is 0. The van der Waals surface area contributed by atoms with Gasteiger partial charge in [0, 0.05) is 11.9 Å². The normalized spacial score (nSPS) is 17.5. The van der Waals surface area contributed by atoms with Gasteiger partial charge in [-0.25, -0.2) is 0 Å². The lowest BCUT2D eigenvalue weighted by atomic mass is 9.83. The molecule has 0 aromatic heterocycles. The van der Waals surface area contributed by atoms with Gasteiger partial charge in [0.05, 0.1) is 18.2 Å². The van der Waals surface area contributed by atoms with Crippen molar-refractivity contribution in [2.24, 2.45) is 0 Å². The molecule has 0 saturated heterocycles. The van der Waals surface area contributed by atoms with Crippen LogP contribution in [-0.4, -0.2) is 29.5 Å². The maximum atomic E-state index is 12.3. The number of methoxy groups -OCH3 is 1. The summed E-state index contributed by atoms with van der Waals surface area (Å²) in [6, 6.07) is 4.65. The van der Waals surface area contributed by atoms with Crippen molar-refractivity contribution in [3.05, 3.63) is 23.8 Å². The predicted octanol–water partition coefficient (Wildman–Crippen LogP) is 3.07. The van der Waals surface area contributed by atoms with E-state index in [9.17, 15) is 9.90 Å². The van der Waals surface area contributed by atoms with Crippen LogP contribution in [0, 0.1) is 0 Å². The SMILES string of the molecule is COc1ccc(C(=O)NC2(CCl)CCCCC2)c(O)c1. The highest BCUT2D eigenvalue weighted by atomic mass is 35.5. The summed E-state index contributed by atoms with van der Waals surface area (Å²) in [5.41, 5.74) is -0.0932. The first-order valence-corrected chi connectivity index (χ1v) is 7.39. The van der Waals surface area contributed by atoms with E-state index in [2.05, 4.69) is 5.32 Å². The number of aromatic hydroxyl groups is 1. The van der Waals surface area contributed by atoms with Crippen molar-refractivity contribution in [1.29, 1.82) is 0 Å². The van der Waals surface area contributed by atoms with Crippen LogP contribution in [0.25, 0.3) is 0 Å². The fraction of sp³-hybridized carbons (Fsp3) is 0.533. The quantitative estimate of drug-likeness (QED) is 0.840. The van der Waals surface area contributed by atoms with Gasteiger partial charge in [0.25, 0.3) is 5.91 Å². The molecule has 1 amide bonds. The second kappa shape index (κ2) is 6.35. The number of phenolic OH excluding ortho intramolecular Hbond substituents is 1. The molecule has 1 aliphatic carbocycles. The van der Waals surface area contributed by atoms with E-state index < -0.39 is 0 Å². The average molecular weight is 298 g/mol. The Kier molecular flexibility index (Phi) is 4.76. The van der Waals surface area contributed by atoms with E-state index in [0.717, 1.165) is 25.7 Å². The summed E-state index contributed by atoms with van der Waals surface area (Å²) in [4.78, 5) is 12.3. The van der Waals surface area contributed by atoms with E-state index in [1.807, 2.05) is 0 Å². The minimum absolute atomic E-state index is 0.0811. The molecule has 0 unspecified atom stereocenters. The third-order valence-corrected chi connectivity index (χ3v) is 4.41. The molecule has 4 nitrogen and oxygen atoms in total. The van der Waals surface area contributed by atoms with Crippen molar-refractivity contribution in [2.45, 2.75) is 37.6 Å². The molecule has 1 fully saturated rings. The fourth-order valence-corrected chi connectivity index (χ4v) is 2.99. The number of amides is 1. The van der Waals surface area contributed by atoms with E-state index in [4.69, 9.17) is 16.3 Å². The van der Waals surface area contributed by atoms with E-state index in [-0.39, 0.29) is 22.8 Å². The van der Waals surface area contributed by atoms with E-state index in [1.54, 1.807) is 12.1 Å². The van der Waals surface area contributed by atoms with Gasteiger partial charge in [-0.2, -0.15) is 0 Å². The Bertz CT molecular complexity index is 484. The van der Waals surface area contributed by atoms with Gasteiger partial charge in [0.15, 0.2) is 0 Å². The summed E-state index contributed by atoms with van der Waals surface area (Å²) in [5.74, 6) is 0.550. The molecule has 0 bridgehead atoms. The third kappa shape index (κ3) is 3.18. The molecular formula is C15H20ClNO3. The van der Waals surface area contributed by atoms with Gasteiger partial charge in [-0.15, -0.1) is 11.6 Å². The Hall–Kier alpha value is -1.42. The Morgan fingerprint density at radius 2 is 2.10 bits per heavy atom. The van der Waals surface area contributed by atoms with Crippen LogP contribution in [0.1, 0.15) is 42.5 Å². The summed E-state index contributed by atoms with van der Waals surface area (Å²) in [7, 11) is 1.51. The fourth-order valence-electron chi connectivity index (χ4n) is 2.66. The molecule has 20 heavy (non-hydrogen) atoms. The second-order valence-electron chi connectivity index (χ2n) is 5.31. The number of ether oxygens (including phenoxy) is 1. The first-order valence-electron chi connectivity index (χ1n) is 6.86. The molecule has 0 spiro atoms. The maximum Gasteiger partial charge on any atom is 0.255 e. The molecule has 0 heterocycles. The number of benzene rings is 1. The monoisotopic (exact) mass is 297 g/mol. The van der Waals surface area contributed by atoms with Crippen molar-refractivity contribution < 1.29 is 14.6 Å². The van der Waals surface area contributed by atoms with Crippen LogP contribution in [0.4, 0.5) is 0 Å². The van der Waals surface area contributed by atoms with Crippen molar-refractivity contribution in [2.75, 3.05) is 13.0 Å². The zero-order valence-electron chi connectivity index (χ0n) is 11.6. The van der Waals surface area contributed by atoms with Crippen LogP contribution in [0.3, 0.4) is 0 Å². The Morgan fingerprint density at radius 1 is 1.40 bits per heavy atom. The molecule has 0 radical (unpaired) electrons. The van der Waals surface area contributed by atoms with Crippen LogP contribution in [0.2, 0.25) is 0 Å². The molecule has 5 heteroatoms. The van der Waals surface area contributed by atoms with Crippen molar-refractivity contribution in [3.63, 3.8) is 0 Å². The molecular weight excluding hydrogens is 278 g/mol. The van der Waals surface area contributed by atoms with Gasteiger partial charge in [-0.1, -0.05) is 19.3 Å². The third-order valence-electron chi connectivity index (χ3n) is 3.89. The topological polar surface area (TPSA) is 58.6 Å². The Balaban J connectivity index is 2.14. The lowest BCUT2D eigenvalue weighted by Gasteiger charge is -2.36. The highest BCUT2D eigenvalue weighted by Crippen LogP contribution is 2.31. The summed E-state index contributed by atoms with van der Waals surface area (Å²) >= 11 is 6.06. The number of halogens is 1. The van der Waals surface area contributed by atoms with Crippen LogP contribution >= 0.6 is 11.6 Å². The van der Waals surface area contributed by atoms with Gasteiger partial charge in [0.1, 0.15) is 11.5 Å². The first kappa shape index (κ1) is 15.0. The minimum atomic E-state index is -0.344.